The van der Waals surface area contributed by atoms with Crippen molar-refractivity contribution in [3.05, 3.63) is 10.4 Å². The first kappa shape index (κ1) is 10.3. The molecule has 0 aromatic carbocycles. The van der Waals surface area contributed by atoms with Gasteiger partial charge < -0.3 is 0 Å². The van der Waals surface area contributed by atoms with Gasteiger partial charge in [-0.1, -0.05) is 39.2 Å². The molecule has 0 N–H and O–H groups in total. The summed E-state index contributed by atoms with van der Waals surface area (Å²) in [5.74, 6) is 0.683. The van der Waals surface area contributed by atoms with Gasteiger partial charge in [-0.05, 0) is 17.9 Å². The van der Waals surface area contributed by atoms with Crippen LogP contribution in [0, 0.1) is 5.92 Å². The number of hydrogen-bond acceptors (Lipinski definition) is 1. The third-order valence-corrected chi connectivity index (χ3v) is 1.65. The van der Waals surface area contributed by atoms with E-state index in [1.165, 1.54) is 0 Å². The molecule has 0 aliphatic heterocycles. The average Bonchev–Trinajstić information content (AvgIpc) is 1.84. The topological polar surface area (TPSA) is 48.8 Å². The van der Waals surface area contributed by atoms with Crippen LogP contribution in [0.25, 0.3) is 10.4 Å². The second kappa shape index (κ2) is 4.24. The Hall–Kier alpha value is -0.690. The Balaban J connectivity index is 3.82. The molecule has 0 aliphatic carbocycles. The van der Waals surface area contributed by atoms with Gasteiger partial charge in [0.05, 0.1) is 0 Å². The number of hydrogen-bond donors (Lipinski definition) is 0. The molecule has 0 atom stereocenters. The largest absolute Gasteiger partial charge is 0.0878 e. The van der Waals surface area contributed by atoms with Gasteiger partial charge in [-0.2, -0.15) is 0 Å². The van der Waals surface area contributed by atoms with Gasteiger partial charge in [0, 0.05) is 10.5 Å². The molecule has 0 unspecified atom stereocenters. The molecule has 0 spiro atoms. The Labute approximate surface area is 68.4 Å². The van der Waals surface area contributed by atoms with Crippen molar-refractivity contribution in [2.24, 2.45) is 11.0 Å². The summed E-state index contributed by atoms with van der Waals surface area (Å²) in [7, 11) is 0. The van der Waals surface area contributed by atoms with Gasteiger partial charge in [0.2, 0.25) is 0 Å². The van der Waals surface area contributed by atoms with E-state index in [1.54, 1.807) is 0 Å². The molecule has 0 rings (SSSR count). The molecule has 0 aromatic heterocycles. The molecule has 3 heteroatoms. The second-order valence-electron chi connectivity index (χ2n) is 3.93. The second-order valence-corrected chi connectivity index (χ2v) is 3.93. The van der Waals surface area contributed by atoms with Crippen LogP contribution in [0.5, 0.6) is 0 Å². The molecular formula is C8H17N3. The first-order chi connectivity index (χ1) is 4.98. The van der Waals surface area contributed by atoms with Gasteiger partial charge in [-0.15, -0.1) is 0 Å². The highest BCUT2D eigenvalue weighted by Crippen LogP contribution is 2.19. The monoisotopic (exact) mass is 155 g/mol. The lowest BCUT2D eigenvalue weighted by atomic mass is 9.95. The van der Waals surface area contributed by atoms with E-state index in [9.17, 15) is 0 Å². The zero-order valence-corrected chi connectivity index (χ0v) is 7.83. The van der Waals surface area contributed by atoms with Gasteiger partial charge in [0.15, 0.2) is 0 Å². The minimum Gasteiger partial charge on any atom is -0.0878 e. The van der Waals surface area contributed by atoms with Crippen molar-refractivity contribution in [3.8, 4) is 0 Å². The molecular weight excluding hydrogens is 138 g/mol. The SMILES string of the molecule is CC(C)CCC(C)(C)N=[N+]=[N-]. The average molecular weight is 155 g/mol. The maximum atomic E-state index is 8.23. The zero-order valence-electron chi connectivity index (χ0n) is 7.83. The normalized spacial score (nSPS) is 11.4. The summed E-state index contributed by atoms with van der Waals surface area (Å²) in [4.78, 5) is 2.81. The summed E-state index contributed by atoms with van der Waals surface area (Å²) in [6, 6.07) is 0. The van der Waals surface area contributed by atoms with E-state index in [-0.39, 0.29) is 5.54 Å². The van der Waals surface area contributed by atoms with Crippen LogP contribution in [0.4, 0.5) is 0 Å². The number of rotatable bonds is 4. The van der Waals surface area contributed by atoms with Crippen molar-refractivity contribution < 1.29 is 0 Å². The highest BCUT2D eigenvalue weighted by atomic mass is 15.2. The number of azide groups is 1. The van der Waals surface area contributed by atoms with Gasteiger partial charge in [-0.25, -0.2) is 0 Å². The van der Waals surface area contributed by atoms with Crippen LogP contribution in [0.1, 0.15) is 40.5 Å². The van der Waals surface area contributed by atoms with E-state index >= 15 is 0 Å². The van der Waals surface area contributed by atoms with Crippen LogP contribution in [-0.2, 0) is 0 Å². The molecule has 0 bridgehead atoms. The Morgan fingerprint density at radius 1 is 1.45 bits per heavy atom. The van der Waals surface area contributed by atoms with E-state index in [0.717, 1.165) is 12.8 Å². The van der Waals surface area contributed by atoms with E-state index in [2.05, 4.69) is 23.9 Å². The highest BCUT2D eigenvalue weighted by Gasteiger charge is 2.15. The molecule has 0 aromatic rings. The summed E-state index contributed by atoms with van der Waals surface area (Å²) in [6.45, 7) is 8.28. The standard InChI is InChI=1S/C8H17N3/c1-7(2)5-6-8(3,4)10-11-9/h7H,5-6H2,1-4H3. The van der Waals surface area contributed by atoms with Crippen molar-refractivity contribution in [3.63, 3.8) is 0 Å². The van der Waals surface area contributed by atoms with Crippen LogP contribution in [0.2, 0.25) is 0 Å². The molecule has 0 fully saturated rings. The lowest BCUT2D eigenvalue weighted by Gasteiger charge is -2.18. The van der Waals surface area contributed by atoms with Crippen LogP contribution >= 0.6 is 0 Å². The van der Waals surface area contributed by atoms with Gasteiger partial charge >= 0.3 is 0 Å². The smallest absolute Gasteiger partial charge is 0.0432 e. The summed E-state index contributed by atoms with van der Waals surface area (Å²) in [6.07, 6.45) is 2.08. The summed E-state index contributed by atoms with van der Waals surface area (Å²) in [5.41, 5.74) is 8.02. The maximum Gasteiger partial charge on any atom is 0.0432 e. The summed E-state index contributed by atoms with van der Waals surface area (Å²) >= 11 is 0. The number of nitrogens with zero attached hydrogens (tertiary/aromatic N) is 3. The fourth-order valence-electron chi connectivity index (χ4n) is 0.813. The predicted octanol–water partition coefficient (Wildman–Crippen LogP) is 3.51. The van der Waals surface area contributed by atoms with Crippen molar-refractivity contribution in [2.45, 2.75) is 46.1 Å². The minimum absolute atomic E-state index is 0.209. The lowest BCUT2D eigenvalue weighted by Crippen LogP contribution is -2.15. The van der Waals surface area contributed by atoms with E-state index in [4.69, 9.17) is 5.53 Å². The van der Waals surface area contributed by atoms with Crippen molar-refractivity contribution in [2.75, 3.05) is 0 Å². The Morgan fingerprint density at radius 3 is 2.36 bits per heavy atom. The minimum atomic E-state index is -0.209. The van der Waals surface area contributed by atoms with Crippen LogP contribution < -0.4 is 0 Å². The molecule has 0 aliphatic rings. The van der Waals surface area contributed by atoms with Crippen molar-refractivity contribution in [1.29, 1.82) is 0 Å². The third kappa shape index (κ3) is 5.74. The predicted molar refractivity (Wildman–Crippen MR) is 47.3 cm³/mol. The zero-order chi connectivity index (χ0) is 8.91. The Kier molecular flexibility index (Phi) is 3.98. The first-order valence-corrected chi connectivity index (χ1v) is 4.04. The van der Waals surface area contributed by atoms with E-state index in [1.807, 2.05) is 13.8 Å². The molecule has 0 saturated carbocycles. The first-order valence-electron chi connectivity index (χ1n) is 4.04. The Bertz CT molecular complexity index is 155. The highest BCUT2D eigenvalue weighted by molar-refractivity contribution is 4.77. The molecule has 0 radical (unpaired) electrons. The van der Waals surface area contributed by atoms with Gasteiger partial charge in [0.1, 0.15) is 0 Å². The molecule has 3 nitrogen and oxygen atoms in total. The molecule has 64 valence electrons. The Morgan fingerprint density at radius 2 is 2.00 bits per heavy atom. The van der Waals surface area contributed by atoms with E-state index in [0.29, 0.717) is 5.92 Å². The molecule has 0 heterocycles. The van der Waals surface area contributed by atoms with Crippen LogP contribution in [0.15, 0.2) is 5.11 Å². The third-order valence-electron chi connectivity index (χ3n) is 1.65. The quantitative estimate of drug-likeness (QED) is 0.339. The van der Waals surface area contributed by atoms with Crippen molar-refractivity contribution >= 4 is 0 Å². The maximum absolute atomic E-state index is 8.23. The van der Waals surface area contributed by atoms with Crippen molar-refractivity contribution in [1.82, 2.24) is 0 Å². The lowest BCUT2D eigenvalue weighted by molar-refractivity contribution is 0.413. The fraction of sp³-hybridized carbons (Fsp3) is 1.00. The van der Waals surface area contributed by atoms with E-state index < -0.39 is 0 Å². The molecule has 11 heavy (non-hydrogen) atoms. The molecule has 0 amide bonds. The van der Waals surface area contributed by atoms with Gasteiger partial charge in [0.25, 0.3) is 0 Å². The molecule has 0 saturated heterocycles. The summed E-state index contributed by atoms with van der Waals surface area (Å²) in [5, 5.41) is 3.71. The van der Waals surface area contributed by atoms with Gasteiger partial charge in [-0.3, -0.25) is 0 Å². The van der Waals surface area contributed by atoms with Crippen LogP contribution in [-0.4, -0.2) is 5.54 Å². The van der Waals surface area contributed by atoms with Crippen LogP contribution in [0.3, 0.4) is 0 Å². The summed E-state index contributed by atoms with van der Waals surface area (Å²) < 4.78 is 0. The fourth-order valence-corrected chi connectivity index (χ4v) is 0.813.